The molecule has 7 heteroatoms. The molecule has 0 aromatic heterocycles. The molecule has 31 heavy (non-hydrogen) atoms. The number of rotatable bonds is 7. The van der Waals surface area contributed by atoms with Crippen molar-refractivity contribution >= 4 is 45.6 Å². The molecule has 0 atom stereocenters. The number of para-hydroxylation sites is 2. The first-order valence-electron chi connectivity index (χ1n) is 9.87. The lowest BCUT2D eigenvalue weighted by Crippen LogP contribution is -2.23. The molecule has 0 aliphatic carbocycles. The van der Waals surface area contributed by atoms with Crippen LogP contribution in [-0.4, -0.2) is 23.4 Å². The van der Waals surface area contributed by atoms with E-state index in [9.17, 15) is 14.4 Å². The van der Waals surface area contributed by atoms with Gasteiger partial charge in [-0.3, -0.25) is 14.4 Å². The second kappa shape index (κ2) is 10.2. The molecule has 7 nitrogen and oxygen atoms in total. The van der Waals surface area contributed by atoms with Crippen molar-refractivity contribution in [2.24, 2.45) is 5.10 Å². The van der Waals surface area contributed by atoms with Gasteiger partial charge in [0.1, 0.15) is 0 Å². The van der Waals surface area contributed by atoms with Gasteiger partial charge >= 0.3 is 0 Å². The van der Waals surface area contributed by atoms with Gasteiger partial charge in [-0.05, 0) is 35.4 Å². The van der Waals surface area contributed by atoms with Crippen molar-refractivity contribution in [1.29, 1.82) is 0 Å². The van der Waals surface area contributed by atoms with Crippen molar-refractivity contribution in [3.05, 3.63) is 72.3 Å². The predicted octanol–water partition coefficient (Wildman–Crippen LogP) is 3.86. The molecule has 3 rings (SSSR count). The minimum atomic E-state index is -0.303. The normalized spacial score (nSPS) is 11.1. The van der Waals surface area contributed by atoms with Gasteiger partial charge < -0.3 is 10.6 Å². The molecule has 0 spiro atoms. The molecular weight excluding hydrogens is 392 g/mol. The van der Waals surface area contributed by atoms with Gasteiger partial charge in [-0.1, -0.05) is 54.6 Å². The van der Waals surface area contributed by atoms with E-state index in [1.807, 2.05) is 42.5 Å². The number of benzene rings is 3. The van der Waals surface area contributed by atoms with Crippen LogP contribution in [0.3, 0.4) is 0 Å². The first-order chi connectivity index (χ1) is 14.9. The molecule has 3 N–H and O–H groups in total. The molecule has 0 unspecified atom stereocenters. The highest BCUT2D eigenvalue weighted by Crippen LogP contribution is 2.21. The van der Waals surface area contributed by atoms with E-state index in [-0.39, 0.29) is 30.6 Å². The molecule has 0 saturated carbocycles. The van der Waals surface area contributed by atoms with Crippen molar-refractivity contribution in [2.45, 2.75) is 26.7 Å². The van der Waals surface area contributed by atoms with Crippen LogP contribution in [0.25, 0.3) is 10.8 Å². The summed E-state index contributed by atoms with van der Waals surface area (Å²) in [6.07, 6.45) is 0.192. The van der Waals surface area contributed by atoms with E-state index in [2.05, 4.69) is 21.2 Å². The molecule has 0 bridgehead atoms. The van der Waals surface area contributed by atoms with Crippen LogP contribution in [0.2, 0.25) is 0 Å². The molecule has 0 radical (unpaired) electrons. The van der Waals surface area contributed by atoms with Crippen LogP contribution in [0, 0.1) is 0 Å². The largest absolute Gasteiger partial charge is 0.325 e. The Morgan fingerprint density at radius 2 is 1.42 bits per heavy atom. The zero-order chi connectivity index (χ0) is 22.2. The molecule has 0 heterocycles. The molecule has 0 fully saturated rings. The zero-order valence-corrected chi connectivity index (χ0v) is 17.4. The van der Waals surface area contributed by atoms with Crippen molar-refractivity contribution in [2.75, 3.05) is 10.6 Å². The Balaban J connectivity index is 1.56. The summed E-state index contributed by atoms with van der Waals surface area (Å²) in [5.74, 6) is -0.789. The fourth-order valence-corrected chi connectivity index (χ4v) is 3.17. The van der Waals surface area contributed by atoms with Crippen molar-refractivity contribution < 1.29 is 14.4 Å². The number of anilines is 2. The van der Waals surface area contributed by atoms with Gasteiger partial charge in [-0.25, -0.2) is 5.43 Å². The highest BCUT2D eigenvalue weighted by atomic mass is 16.2. The first-order valence-corrected chi connectivity index (χ1v) is 9.87. The van der Waals surface area contributed by atoms with E-state index < -0.39 is 0 Å². The number of amides is 3. The van der Waals surface area contributed by atoms with Crippen LogP contribution in [0.4, 0.5) is 11.4 Å². The summed E-state index contributed by atoms with van der Waals surface area (Å²) in [6, 6.07) is 20.6. The Bertz CT molecular complexity index is 1150. The minimum absolute atomic E-state index is 0.00293. The molecule has 0 saturated heterocycles. The average Bonchev–Trinajstić information content (AvgIpc) is 2.73. The van der Waals surface area contributed by atoms with Gasteiger partial charge in [-0.15, -0.1) is 0 Å². The smallest absolute Gasteiger partial charge is 0.244 e. The van der Waals surface area contributed by atoms with Crippen molar-refractivity contribution in [3.8, 4) is 0 Å². The Labute approximate surface area is 180 Å². The van der Waals surface area contributed by atoms with E-state index in [0.717, 1.165) is 16.3 Å². The topological polar surface area (TPSA) is 99.7 Å². The first kappa shape index (κ1) is 21.7. The van der Waals surface area contributed by atoms with Crippen molar-refractivity contribution in [3.63, 3.8) is 0 Å². The number of nitrogens with zero attached hydrogens (tertiary/aromatic N) is 1. The summed E-state index contributed by atoms with van der Waals surface area (Å²) in [7, 11) is 0. The van der Waals surface area contributed by atoms with E-state index in [0.29, 0.717) is 17.1 Å². The number of carbonyl (C=O) groups excluding carboxylic acids is 3. The number of hydrogen-bond acceptors (Lipinski definition) is 4. The van der Waals surface area contributed by atoms with Crippen LogP contribution >= 0.6 is 0 Å². The average molecular weight is 416 g/mol. The second-order valence-electron chi connectivity index (χ2n) is 7.15. The Morgan fingerprint density at radius 1 is 0.774 bits per heavy atom. The summed E-state index contributed by atoms with van der Waals surface area (Å²) in [4.78, 5) is 35.9. The fourth-order valence-electron chi connectivity index (χ4n) is 3.17. The maximum atomic E-state index is 12.3. The molecule has 0 aliphatic heterocycles. The lowest BCUT2D eigenvalue weighted by atomic mass is 10.0. The number of hydrazone groups is 1. The Hall–Kier alpha value is -4.00. The maximum Gasteiger partial charge on any atom is 0.244 e. The van der Waals surface area contributed by atoms with Gasteiger partial charge in [0, 0.05) is 12.6 Å². The van der Waals surface area contributed by atoms with Crippen LogP contribution in [-0.2, 0) is 20.8 Å². The fraction of sp³-hybridized carbons (Fsp3) is 0.167. The summed E-state index contributed by atoms with van der Waals surface area (Å²) in [5, 5.41) is 11.6. The molecule has 3 aromatic rings. The molecular formula is C24H24N4O3. The highest BCUT2D eigenvalue weighted by molar-refractivity contribution is 6.07. The van der Waals surface area contributed by atoms with Gasteiger partial charge in [0.15, 0.2) is 0 Å². The Morgan fingerprint density at radius 3 is 2.16 bits per heavy atom. The van der Waals surface area contributed by atoms with E-state index in [1.54, 1.807) is 31.2 Å². The van der Waals surface area contributed by atoms with Gasteiger partial charge in [0.25, 0.3) is 0 Å². The summed E-state index contributed by atoms with van der Waals surface area (Å²) >= 11 is 0. The second-order valence-corrected chi connectivity index (χ2v) is 7.15. The predicted molar refractivity (Wildman–Crippen MR) is 123 cm³/mol. The lowest BCUT2D eigenvalue weighted by molar-refractivity contribution is -0.120. The van der Waals surface area contributed by atoms with Gasteiger partial charge in [0.05, 0.1) is 24.2 Å². The van der Waals surface area contributed by atoms with E-state index >= 15 is 0 Å². The standard InChI is InChI=1S/C24H24N4O3/c1-16(14-23(30)26-22-13-6-5-12-21(22)25-17(2)29)27-28-24(31)15-19-10-7-9-18-8-3-4-11-20(18)19/h3-13H,14-15H2,1-2H3,(H,25,29)(H,26,30)(H,28,31)/b27-16-. The SMILES string of the molecule is CC(=O)Nc1ccccc1NC(=O)C/C(C)=N\NC(=O)Cc1cccc2ccccc12. The van der Waals surface area contributed by atoms with Gasteiger partial charge in [-0.2, -0.15) is 5.10 Å². The number of hydrogen-bond donors (Lipinski definition) is 3. The lowest BCUT2D eigenvalue weighted by Gasteiger charge is -2.11. The third kappa shape index (κ3) is 6.24. The molecule has 0 aliphatic rings. The van der Waals surface area contributed by atoms with Crippen LogP contribution in [0.5, 0.6) is 0 Å². The summed E-state index contributed by atoms with van der Waals surface area (Å²) in [6.45, 7) is 3.06. The van der Waals surface area contributed by atoms with Crippen molar-refractivity contribution in [1.82, 2.24) is 5.43 Å². The third-order valence-electron chi connectivity index (χ3n) is 4.53. The summed E-state index contributed by atoms with van der Waals surface area (Å²) in [5.41, 5.74) is 4.90. The monoisotopic (exact) mass is 416 g/mol. The van der Waals surface area contributed by atoms with Gasteiger partial charge in [0.2, 0.25) is 17.7 Å². The zero-order valence-electron chi connectivity index (χ0n) is 17.4. The minimum Gasteiger partial charge on any atom is -0.325 e. The summed E-state index contributed by atoms with van der Waals surface area (Å²) < 4.78 is 0. The number of carbonyl (C=O) groups is 3. The van der Waals surface area contributed by atoms with E-state index in [4.69, 9.17) is 0 Å². The van der Waals surface area contributed by atoms with Crippen LogP contribution in [0.1, 0.15) is 25.8 Å². The number of fused-ring (bicyclic) bond motifs is 1. The van der Waals surface area contributed by atoms with Crippen LogP contribution in [0.15, 0.2) is 71.8 Å². The molecule has 3 amide bonds. The quantitative estimate of drug-likeness (QED) is 0.403. The molecule has 3 aromatic carbocycles. The Kier molecular flexibility index (Phi) is 7.11. The van der Waals surface area contributed by atoms with E-state index in [1.165, 1.54) is 6.92 Å². The highest BCUT2D eigenvalue weighted by Gasteiger charge is 2.10. The molecule has 158 valence electrons. The van der Waals surface area contributed by atoms with Crippen LogP contribution < -0.4 is 16.1 Å². The number of nitrogens with one attached hydrogen (secondary N) is 3. The third-order valence-corrected chi connectivity index (χ3v) is 4.53. The maximum absolute atomic E-state index is 12.3.